The Hall–Kier alpha value is -2.94. The predicted molar refractivity (Wildman–Crippen MR) is 130 cm³/mol. The van der Waals surface area contributed by atoms with Crippen molar-refractivity contribution in [3.63, 3.8) is 0 Å². The van der Waals surface area contributed by atoms with Gasteiger partial charge in [-0.1, -0.05) is 35.9 Å². The summed E-state index contributed by atoms with van der Waals surface area (Å²) < 4.78 is 27.5. The summed E-state index contributed by atoms with van der Waals surface area (Å²) in [4.78, 5) is 35.5. The van der Waals surface area contributed by atoms with Crippen LogP contribution in [0.15, 0.2) is 42.5 Å². The molecule has 0 radical (unpaired) electrons. The number of hydrogen-bond donors (Lipinski definition) is 0. The van der Waals surface area contributed by atoms with Crippen LogP contribution in [-0.4, -0.2) is 55.9 Å². The van der Waals surface area contributed by atoms with Gasteiger partial charge in [-0.25, -0.2) is 0 Å². The van der Waals surface area contributed by atoms with E-state index in [1.54, 1.807) is 6.07 Å². The minimum absolute atomic E-state index is 0.0878. The van der Waals surface area contributed by atoms with Gasteiger partial charge in [-0.15, -0.1) is 0 Å². The first kappa shape index (κ1) is 26.1. The number of esters is 2. The number of carbonyl (C=O) groups excluding carboxylic acids is 3. The summed E-state index contributed by atoms with van der Waals surface area (Å²) in [7, 11) is 0. The lowest BCUT2D eigenvalue weighted by molar-refractivity contribution is -0.178. The number of rotatable bonds is 8. The lowest BCUT2D eigenvalue weighted by atomic mass is 9.93. The Labute approximate surface area is 214 Å². The van der Waals surface area contributed by atoms with Crippen LogP contribution < -0.4 is 4.74 Å². The molecule has 2 heterocycles. The van der Waals surface area contributed by atoms with E-state index < -0.39 is 36.0 Å². The number of hydrogen-bond acceptors (Lipinski definition) is 8. The highest BCUT2D eigenvalue weighted by Crippen LogP contribution is 2.34. The first-order chi connectivity index (χ1) is 17.3. The summed E-state index contributed by atoms with van der Waals surface area (Å²) in [5.41, 5.74) is 2.72. The molecule has 0 spiro atoms. The van der Waals surface area contributed by atoms with Crippen LogP contribution in [0, 0.1) is 0 Å². The van der Waals surface area contributed by atoms with Crippen LogP contribution >= 0.6 is 11.6 Å². The zero-order valence-corrected chi connectivity index (χ0v) is 21.0. The highest BCUT2D eigenvalue weighted by Gasteiger charge is 2.40. The van der Waals surface area contributed by atoms with Crippen molar-refractivity contribution in [2.24, 2.45) is 0 Å². The summed E-state index contributed by atoms with van der Waals surface area (Å²) >= 11 is 6.50. The van der Waals surface area contributed by atoms with Gasteiger partial charge in [-0.05, 0) is 41.3 Å². The second-order valence-corrected chi connectivity index (χ2v) is 9.33. The second kappa shape index (κ2) is 11.9. The first-order valence-electron chi connectivity index (χ1n) is 11.9. The fourth-order valence-corrected chi connectivity index (χ4v) is 4.49. The fourth-order valence-electron chi connectivity index (χ4n) is 4.31. The molecule has 2 saturated heterocycles. The summed E-state index contributed by atoms with van der Waals surface area (Å²) in [5.74, 6) is -0.725. The average molecular weight is 517 g/mol. The zero-order valence-electron chi connectivity index (χ0n) is 20.2. The highest BCUT2D eigenvalue weighted by atomic mass is 35.5. The van der Waals surface area contributed by atoms with Gasteiger partial charge in [-0.2, -0.15) is 0 Å². The van der Waals surface area contributed by atoms with Gasteiger partial charge in [0.15, 0.2) is 12.2 Å². The smallest absolute Gasteiger partial charge is 0.303 e. The molecular formula is C27H29ClO8. The molecule has 2 aromatic carbocycles. The Morgan fingerprint density at radius 3 is 2.53 bits per heavy atom. The Bertz CT molecular complexity index is 1090. The molecule has 8 nitrogen and oxygen atoms in total. The Balaban J connectivity index is 1.48. The lowest BCUT2D eigenvalue weighted by Gasteiger charge is -2.33. The van der Waals surface area contributed by atoms with Crippen molar-refractivity contribution in [1.82, 2.24) is 0 Å². The molecule has 2 fully saturated rings. The second-order valence-electron chi connectivity index (χ2n) is 8.93. The number of Topliss-reactive ketones (excluding diaryl/α,β-unsaturated/α-hetero) is 1. The topological polar surface area (TPSA) is 97.4 Å². The van der Waals surface area contributed by atoms with Gasteiger partial charge >= 0.3 is 11.9 Å². The number of ketones is 1. The largest absolute Gasteiger partial charge is 0.488 e. The van der Waals surface area contributed by atoms with Gasteiger partial charge in [0, 0.05) is 31.7 Å². The lowest BCUT2D eigenvalue weighted by Crippen LogP contribution is -2.46. The van der Waals surface area contributed by atoms with E-state index in [9.17, 15) is 14.4 Å². The molecule has 1 unspecified atom stereocenters. The number of benzene rings is 2. The van der Waals surface area contributed by atoms with Crippen LogP contribution in [0.5, 0.6) is 5.75 Å². The summed E-state index contributed by atoms with van der Waals surface area (Å²) in [6, 6.07) is 13.4. The molecule has 0 amide bonds. The van der Waals surface area contributed by atoms with Crippen molar-refractivity contribution in [2.45, 2.75) is 57.5 Å². The molecule has 192 valence electrons. The van der Waals surface area contributed by atoms with Crippen molar-refractivity contribution in [3.8, 4) is 5.75 Å². The third-order valence-corrected chi connectivity index (χ3v) is 6.46. The minimum atomic E-state index is -1.03. The number of halogens is 1. The quantitative estimate of drug-likeness (QED) is 0.486. The van der Waals surface area contributed by atoms with Crippen molar-refractivity contribution in [3.05, 3.63) is 64.2 Å². The van der Waals surface area contributed by atoms with E-state index in [0.717, 1.165) is 35.5 Å². The molecule has 2 aliphatic heterocycles. The predicted octanol–water partition coefficient (Wildman–Crippen LogP) is 3.99. The first-order valence-corrected chi connectivity index (χ1v) is 12.3. The van der Waals surface area contributed by atoms with E-state index in [-0.39, 0.29) is 19.1 Å². The van der Waals surface area contributed by atoms with Crippen LogP contribution in [0.1, 0.15) is 49.5 Å². The van der Waals surface area contributed by atoms with Crippen LogP contribution in [0.2, 0.25) is 5.02 Å². The monoisotopic (exact) mass is 516 g/mol. The third-order valence-electron chi connectivity index (χ3n) is 6.09. The Morgan fingerprint density at radius 1 is 1.08 bits per heavy atom. The molecule has 0 aromatic heterocycles. The maximum Gasteiger partial charge on any atom is 0.303 e. The molecule has 2 aromatic rings. The van der Waals surface area contributed by atoms with Gasteiger partial charge < -0.3 is 23.7 Å². The summed E-state index contributed by atoms with van der Waals surface area (Å²) in [5, 5.41) is 0.599. The highest BCUT2D eigenvalue weighted by molar-refractivity contribution is 6.31. The molecule has 0 aliphatic carbocycles. The van der Waals surface area contributed by atoms with Crippen LogP contribution in [-0.2, 0) is 39.8 Å². The van der Waals surface area contributed by atoms with Gasteiger partial charge in [0.2, 0.25) is 5.78 Å². The SMILES string of the molecule is CC(=O)OC[C@H]1O[C@@H](c2ccc(Cl)c(Cc3ccc(O[C@H]4CCOC4)cc3)c2)CC(OC(C)=O)C1=O. The molecule has 4 atom stereocenters. The van der Waals surface area contributed by atoms with Crippen LogP contribution in [0.25, 0.3) is 0 Å². The van der Waals surface area contributed by atoms with Crippen molar-refractivity contribution in [1.29, 1.82) is 0 Å². The maximum atomic E-state index is 12.7. The molecule has 2 aliphatic rings. The molecule has 0 bridgehead atoms. The molecule has 36 heavy (non-hydrogen) atoms. The normalized spacial score (nSPS) is 23.8. The van der Waals surface area contributed by atoms with Gasteiger partial charge in [0.05, 0.1) is 19.3 Å². The molecular weight excluding hydrogens is 488 g/mol. The van der Waals surface area contributed by atoms with Crippen molar-refractivity contribution in [2.75, 3.05) is 19.8 Å². The van der Waals surface area contributed by atoms with Crippen molar-refractivity contribution < 1.29 is 38.1 Å². The third kappa shape index (κ3) is 6.84. The Morgan fingerprint density at radius 2 is 1.86 bits per heavy atom. The number of ether oxygens (including phenoxy) is 5. The van der Waals surface area contributed by atoms with E-state index in [2.05, 4.69) is 0 Å². The molecule has 0 saturated carbocycles. The van der Waals surface area contributed by atoms with E-state index in [0.29, 0.717) is 18.1 Å². The van der Waals surface area contributed by atoms with Crippen LogP contribution in [0.4, 0.5) is 0 Å². The van der Waals surface area contributed by atoms with Crippen LogP contribution in [0.3, 0.4) is 0 Å². The number of carbonyl (C=O) groups is 3. The minimum Gasteiger partial charge on any atom is -0.488 e. The molecule has 0 N–H and O–H groups in total. The van der Waals surface area contributed by atoms with Crippen molar-refractivity contribution >= 4 is 29.3 Å². The van der Waals surface area contributed by atoms with E-state index >= 15 is 0 Å². The van der Waals surface area contributed by atoms with Gasteiger partial charge in [-0.3, -0.25) is 14.4 Å². The summed E-state index contributed by atoms with van der Waals surface area (Å²) in [6.45, 7) is 3.59. The maximum absolute atomic E-state index is 12.7. The van der Waals surface area contributed by atoms with E-state index in [4.69, 9.17) is 35.3 Å². The fraction of sp³-hybridized carbons (Fsp3) is 0.444. The zero-order chi connectivity index (χ0) is 25.7. The Kier molecular flexibility index (Phi) is 8.61. The van der Waals surface area contributed by atoms with Gasteiger partial charge in [0.1, 0.15) is 18.5 Å². The van der Waals surface area contributed by atoms with E-state index in [1.165, 1.54) is 13.8 Å². The standard InChI is InChI=1S/C27H29ClO8/c1-16(29)33-15-26-27(31)25(34-17(2)30)13-24(36-26)19-5-8-23(28)20(12-19)11-18-3-6-21(7-4-18)35-22-9-10-32-14-22/h3-8,12,22,24-26H,9-11,13-15H2,1-2H3/t22-,24+,25?,26+/m0/s1. The molecule has 4 rings (SSSR count). The van der Waals surface area contributed by atoms with Gasteiger partial charge in [0.25, 0.3) is 0 Å². The average Bonchev–Trinajstić information content (AvgIpc) is 3.35. The molecule has 9 heteroatoms. The van der Waals surface area contributed by atoms with E-state index in [1.807, 2.05) is 36.4 Å². The summed E-state index contributed by atoms with van der Waals surface area (Å²) in [6.07, 6.45) is -0.855.